The van der Waals surface area contributed by atoms with Crippen molar-refractivity contribution in [3.63, 3.8) is 0 Å². The van der Waals surface area contributed by atoms with Crippen LogP contribution in [0.3, 0.4) is 0 Å². The molecule has 0 rings (SSSR count). The minimum Gasteiger partial charge on any atom is -0.481 e. The first-order valence-corrected chi connectivity index (χ1v) is 11.7. The summed E-state index contributed by atoms with van der Waals surface area (Å²) in [5.74, 6) is -0.869. The Morgan fingerprint density at radius 2 is 0.636 bits per heavy atom. The fourth-order valence-corrected chi connectivity index (χ4v) is 2.17. The van der Waals surface area contributed by atoms with Gasteiger partial charge in [0, 0.05) is 6.61 Å². The van der Waals surface area contributed by atoms with E-state index in [9.17, 15) is 4.79 Å². The lowest BCUT2D eigenvalue weighted by Crippen LogP contribution is -2.15. The molecule has 0 aliphatic rings. The molecule has 11 nitrogen and oxygen atoms in total. The van der Waals surface area contributed by atoms with Crippen LogP contribution in [0.5, 0.6) is 0 Å². The SMILES string of the molecule is CCCOCCOCCOCCOCCOCCOCCOCCOCCOCCC(=O)O. The molecule has 198 valence electrons. The number of rotatable bonds is 29. The summed E-state index contributed by atoms with van der Waals surface area (Å²) in [7, 11) is 0. The standard InChI is InChI=1S/C22H44O11/c1-2-4-25-6-8-27-10-12-29-14-16-31-18-20-33-21-19-32-17-15-30-13-11-28-9-7-26-5-3-22(23)24/h2-21H2,1H3,(H,23,24). The van der Waals surface area contributed by atoms with Crippen molar-refractivity contribution < 1.29 is 52.5 Å². The second kappa shape index (κ2) is 29.1. The van der Waals surface area contributed by atoms with Gasteiger partial charge in [-0.2, -0.15) is 0 Å². The summed E-state index contributed by atoms with van der Waals surface area (Å²) < 4.78 is 48.1. The lowest BCUT2D eigenvalue weighted by atomic mass is 10.5. The molecule has 0 aromatic carbocycles. The summed E-state index contributed by atoms with van der Waals surface area (Å²) in [4.78, 5) is 10.3. The lowest BCUT2D eigenvalue weighted by Gasteiger charge is -2.08. The first kappa shape index (κ1) is 32.1. The van der Waals surface area contributed by atoms with Crippen molar-refractivity contribution in [1.29, 1.82) is 0 Å². The Labute approximate surface area is 197 Å². The first-order valence-electron chi connectivity index (χ1n) is 11.7. The molecule has 0 fully saturated rings. The van der Waals surface area contributed by atoms with Crippen molar-refractivity contribution in [2.24, 2.45) is 0 Å². The Morgan fingerprint density at radius 3 is 0.848 bits per heavy atom. The van der Waals surface area contributed by atoms with Crippen molar-refractivity contribution in [1.82, 2.24) is 0 Å². The maximum Gasteiger partial charge on any atom is 0.305 e. The van der Waals surface area contributed by atoms with Crippen LogP contribution in [0.25, 0.3) is 0 Å². The highest BCUT2D eigenvalue weighted by Gasteiger charge is 1.97. The van der Waals surface area contributed by atoms with Crippen LogP contribution in [-0.2, 0) is 47.4 Å². The molecule has 0 saturated heterocycles. The van der Waals surface area contributed by atoms with Crippen molar-refractivity contribution in [3.8, 4) is 0 Å². The molecule has 0 bridgehead atoms. The fourth-order valence-electron chi connectivity index (χ4n) is 2.17. The molecule has 0 heterocycles. The number of ether oxygens (including phenoxy) is 9. The summed E-state index contributed by atoms with van der Waals surface area (Å²) in [5, 5.41) is 8.45. The number of carboxylic acids is 1. The summed E-state index contributed by atoms with van der Waals surface area (Å²) in [6, 6.07) is 0. The maximum absolute atomic E-state index is 10.3. The van der Waals surface area contributed by atoms with Gasteiger partial charge in [-0.15, -0.1) is 0 Å². The Kier molecular flexibility index (Phi) is 28.4. The van der Waals surface area contributed by atoms with Crippen LogP contribution in [0, 0.1) is 0 Å². The van der Waals surface area contributed by atoms with E-state index in [0.29, 0.717) is 106 Å². The molecule has 0 aliphatic carbocycles. The van der Waals surface area contributed by atoms with Crippen LogP contribution in [0.4, 0.5) is 0 Å². The Hall–Kier alpha value is -0.890. The average Bonchev–Trinajstić information content (AvgIpc) is 2.80. The van der Waals surface area contributed by atoms with E-state index >= 15 is 0 Å². The largest absolute Gasteiger partial charge is 0.481 e. The van der Waals surface area contributed by atoms with E-state index in [1.54, 1.807) is 0 Å². The highest BCUT2D eigenvalue weighted by atomic mass is 16.6. The molecule has 11 heteroatoms. The number of aliphatic carboxylic acids is 1. The number of carbonyl (C=O) groups is 1. The van der Waals surface area contributed by atoms with E-state index in [1.165, 1.54) is 0 Å². The molecule has 0 unspecified atom stereocenters. The molecule has 0 amide bonds. The quantitative estimate of drug-likeness (QED) is 0.153. The fraction of sp³-hybridized carbons (Fsp3) is 0.955. The Balaban J connectivity index is 3.01. The summed E-state index contributed by atoms with van der Waals surface area (Å²) in [6.07, 6.45) is 1.03. The van der Waals surface area contributed by atoms with E-state index in [4.69, 9.17) is 47.7 Å². The third-order valence-corrected chi connectivity index (χ3v) is 3.78. The van der Waals surface area contributed by atoms with E-state index in [1.807, 2.05) is 0 Å². The second-order valence-electron chi connectivity index (χ2n) is 6.66. The molecule has 33 heavy (non-hydrogen) atoms. The first-order chi connectivity index (χ1) is 16.3. The van der Waals surface area contributed by atoms with Gasteiger partial charge >= 0.3 is 5.97 Å². The zero-order valence-electron chi connectivity index (χ0n) is 20.2. The van der Waals surface area contributed by atoms with Gasteiger partial charge in [0.05, 0.1) is 119 Å². The maximum atomic E-state index is 10.3. The lowest BCUT2D eigenvalue weighted by molar-refractivity contribution is -0.138. The second-order valence-corrected chi connectivity index (χ2v) is 6.66. The minimum absolute atomic E-state index is 0.00450. The molecular weight excluding hydrogens is 440 g/mol. The van der Waals surface area contributed by atoms with Crippen LogP contribution < -0.4 is 0 Å². The van der Waals surface area contributed by atoms with E-state index in [2.05, 4.69) is 6.92 Å². The topological polar surface area (TPSA) is 120 Å². The van der Waals surface area contributed by atoms with Crippen LogP contribution in [0.2, 0.25) is 0 Å². The van der Waals surface area contributed by atoms with Crippen LogP contribution in [0.1, 0.15) is 19.8 Å². The van der Waals surface area contributed by atoms with Gasteiger partial charge in [-0.25, -0.2) is 0 Å². The average molecular weight is 485 g/mol. The van der Waals surface area contributed by atoms with Crippen molar-refractivity contribution in [3.05, 3.63) is 0 Å². The Morgan fingerprint density at radius 1 is 0.424 bits per heavy atom. The normalized spacial score (nSPS) is 11.3. The summed E-state index contributed by atoms with van der Waals surface area (Å²) >= 11 is 0. The van der Waals surface area contributed by atoms with E-state index in [0.717, 1.165) is 13.0 Å². The zero-order chi connectivity index (χ0) is 24.1. The van der Waals surface area contributed by atoms with Gasteiger partial charge in [-0.3, -0.25) is 4.79 Å². The highest BCUT2D eigenvalue weighted by molar-refractivity contribution is 5.66. The van der Waals surface area contributed by atoms with E-state index < -0.39 is 5.97 Å². The molecule has 0 aromatic rings. The van der Waals surface area contributed by atoms with Crippen molar-refractivity contribution in [2.75, 3.05) is 119 Å². The molecule has 0 spiro atoms. The monoisotopic (exact) mass is 484 g/mol. The molecular formula is C22H44O11. The van der Waals surface area contributed by atoms with Crippen LogP contribution in [0.15, 0.2) is 0 Å². The number of carboxylic acid groups (broad SMARTS) is 1. The highest BCUT2D eigenvalue weighted by Crippen LogP contribution is 1.87. The van der Waals surface area contributed by atoms with Crippen LogP contribution >= 0.6 is 0 Å². The molecule has 1 N–H and O–H groups in total. The van der Waals surface area contributed by atoms with Gasteiger partial charge in [0.2, 0.25) is 0 Å². The third-order valence-electron chi connectivity index (χ3n) is 3.78. The van der Waals surface area contributed by atoms with Gasteiger partial charge < -0.3 is 47.7 Å². The van der Waals surface area contributed by atoms with Crippen molar-refractivity contribution in [2.45, 2.75) is 19.8 Å². The smallest absolute Gasteiger partial charge is 0.305 e. The molecule has 0 aliphatic heterocycles. The third kappa shape index (κ3) is 31.1. The Bertz CT molecular complexity index is 385. The molecule has 0 saturated carbocycles. The number of hydrogen-bond acceptors (Lipinski definition) is 10. The van der Waals surface area contributed by atoms with Gasteiger partial charge in [-0.1, -0.05) is 6.92 Å². The molecule has 0 radical (unpaired) electrons. The van der Waals surface area contributed by atoms with Crippen LogP contribution in [-0.4, -0.2) is 130 Å². The summed E-state index contributed by atoms with van der Waals surface area (Å²) in [6.45, 7) is 11.2. The van der Waals surface area contributed by atoms with Gasteiger partial charge in [0.15, 0.2) is 0 Å². The summed E-state index contributed by atoms with van der Waals surface area (Å²) in [5.41, 5.74) is 0. The van der Waals surface area contributed by atoms with Gasteiger partial charge in [-0.05, 0) is 6.42 Å². The zero-order valence-corrected chi connectivity index (χ0v) is 20.2. The van der Waals surface area contributed by atoms with E-state index in [-0.39, 0.29) is 13.0 Å². The predicted molar refractivity (Wildman–Crippen MR) is 120 cm³/mol. The van der Waals surface area contributed by atoms with Gasteiger partial charge in [0.25, 0.3) is 0 Å². The van der Waals surface area contributed by atoms with Gasteiger partial charge in [0.1, 0.15) is 0 Å². The number of hydrogen-bond donors (Lipinski definition) is 1. The van der Waals surface area contributed by atoms with Crippen molar-refractivity contribution >= 4 is 5.97 Å². The predicted octanol–water partition coefficient (Wildman–Crippen LogP) is 1.02. The molecule has 0 atom stereocenters. The minimum atomic E-state index is -0.869. The molecule has 0 aromatic heterocycles.